The number of carbonyl (C=O) groups is 6. The third-order valence-electron chi connectivity index (χ3n) is 6.49. The summed E-state index contributed by atoms with van der Waals surface area (Å²) in [7, 11) is -4.37. The van der Waals surface area contributed by atoms with E-state index in [-0.39, 0.29) is 33.6 Å². The van der Waals surface area contributed by atoms with Gasteiger partial charge in [-0.1, -0.05) is 17.7 Å². The number of benzene rings is 4. The van der Waals surface area contributed by atoms with Gasteiger partial charge in [-0.3, -0.25) is 20.2 Å². The van der Waals surface area contributed by atoms with Crippen molar-refractivity contribution in [2.24, 2.45) is 0 Å². The SMILES string of the molecule is CC(=O)c1ccc(NC(=O)NC(=O)Nc2cc(NC(=O)NC(=O)Nc3ccc(C(C)=O)cc3)cc(OS(=O)(=O)c3ccc(C)cc3)c2)cc1. The summed E-state index contributed by atoms with van der Waals surface area (Å²) in [6.45, 7) is 4.55. The number of Topliss-reactive ketones (excluding diaryl/α,β-unsaturated/α-hetero) is 2. The highest BCUT2D eigenvalue weighted by molar-refractivity contribution is 7.87. The monoisotopic (exact) mass is 686 g/mol. The van der Waals surface area contributed by atoms with Crippen molar-refractivity contribution < 1.29 is 41.4 Å². The molecule has 0 aliphatic heterocycles. The predicted molar refractivity (Wildman–Crippen MR) is 181 cm³/mol. The molecule has 16 heteroatoms. The average molecular weight is 687 g/mol. The highest BCUT2D eigenvalue weighted by Crippen LogP contribution is 2.28. The maximum Gasteiger partial charge on any atom is 0.339 e. The van der Waals surface area contributed by atoms with Gasteiger partial charge < -0.3 is 25.5 Å². The second kappa shape index (κ2) is 15.4. The molecule has 0 heterocycles. The van der Waals surface area contributed by atoms with E-state index >= 15 is 0 Å². The Hall–Kier alpha value is -6.55. The second-order valence-corrected chi connectivity index (χ2v) is 12.0. The van der Waals surface area contributed by atoms with Gasteiger partial charge in [0.25, 0.3) is 0 Å². The van der Waals surface area contributed by atoms with Gasteiger partial charge in [0, 0.05) is 46.0 Å². The molecule has 0 aliphatic carbocycles. The van der Waals surface area contributed by atoms with Gasteiger partial charge in [-0.15, -0.1) is 0 Å². The third kappa shape index (κ3) is 10.5. The lowest BCUT2D eigenvalue weighted by Crippen LogP contribution is -2.38. The van der Waals surface area contributed by atoms with Crippen LogP contribution in [0.1, 0.15) is 40.1 Å². The van der Waals surface area contributed by atoms with Gasteiger partial charge in [-0.05, 0) is 87.5 Å². The highest BCUT2D eigenvalue weighted by Gasteiger charge is 2.19. The van der Waals surface area contributed by atoms with Crippen LogP contribution in [-0.2, 0) is 10.1 Å². The number of imide groups is 2. The first-order chi connectivity index (χ1) is 23.2. The quantitative estimate of drug-likeness (QED) is 0.0914. The van der Waals surface area contributed by atoms with E-state index in [0.717, 1.165) is 17.7 Å². The van der Waals surface area contributed by atoms with Crippen LogP contribution >= 0.6 is 0 Å². The molecule has 0 spiro atoms. The lowest BCUT2D eigenvalue weighted by molar-refractivity contribution is 0.100. The summed E-state index contributed by atoms with van der Waals surface area (Å²) in [5, 5.41) is 13.6. The Morgan fingerprint density at radius 1 is 0.510 bits per heavy atom. The summed E-state index contributed by atoms with van der Waals surface area (Å²) in [5.41, 5.74) is 2.02. The van der Waals surface area contributed by atoms with Crippen LogP contribution in [0.25, 0.3) is 0 Å². The van der Waals surface area contributed by atoms with E-state index in [4.69, 9.17) is 4.18 Å². The molecule has 15 nitrogen and oxygen atoms in total. The van der Waals surface area contributed by atoms with Crippen molar-refractivity contribution in [3.63, 3.8) is 0 Å². The zero-order valence-electron chi connectivity index (χ0n) is 26.2. The Labute approximate surface area is 280 Å². The molecule has 0 radical (unpaired) electrons. The molecule has 0 fully saturated rings. The van der Waals surface area contributed by atoms with Gasteiger partial charge in [0.1, 0.15) is 10.6 Å². The molecule has 8 amide bonds. The van der Waals surface area contributed by atoms with E-state index in [2.05, 4.69) is 21.3 Å². The lowest BCUT2D eigenvalue weighted by atomic mass is 10.1. The number of urea groups is 4. The van der Waals surface area contributed by atoms with Crippen molar-refractivity contribution in [2.75, 3.05) is 21.3 Å². The molecule has 252 valence electrons. The fourth-order valence-corrected chi connectivity index (χ4v) is 5.02. The van der Waals surface area contributed by atoms with Crippen molar-refractivity contribution in [3.05, 3.63) is 108 Å². The van der Waals surface area contributed by atoms with E-state index in [0.29, 0.717) is 22.5 Å². The van der Waals surface area contributed by atoms with Crippen LogP contribution in [0.5, 0.6) is 5.75 Å². The second-order valence-electron chi connectivity index (χ2n) is 10.4. The van der Waals surface area contributed by atoms with E-state index in [1.807, 2.05) is 10.6 Å². The average Bonchev–Trinajstić information content (AvgIpc) is 3.01. The minimum atomic E-state index is -4.37. The van der Waals surface area contributed by atoms with E-state index in [1.165, 1.54) is 80.6 Å². The van der Waals surface area contributed by atoms with Crippen LogP contribution < -0.4 is 36.1 Å². The van der Waals surface area contributed by atoms with Crippen LogP contribution in [0.3, 0.4) is 0 Å². The normalized spacial score (nSPS) is 10.6. The largest absolute Gasteiger partial charge is 0.379 e. The summed E-state index contributed by atoms with van der Waals surface area (Å²) in [6, 6.07) is 17.2. The van der Waals surface area contributed by atoms with Crippen molar-refractivity contribution in [2.45, 2.75) is 25.7 Å². The summed E-state index contributed by atoms with van der Waals surface area (Å²) in [6.07, 6.45) is 0. The van der Waals surface area contributed by atoms with Crippen LogP contribution in [0.4, 0.5) is 41.9 Å². The molecule has 4 aromatic rings. The Morgan fingerprint density at radius 3 is 1.24 bits per heavy atom. The third-order valence-corrected chi connectivity index (χ3v) is 7.75. The van der Waals surface area contributed by atoms with E-state index in [1.54, 1.807) is 19.1 Å². The zero-order valence-corrected chi connectivity index (χ0v) is 27.1. The van der Waals surface area contributed by atoms with Gasteiger partial charge >= 0.3 is 34.2 Å². The first kappa shape index (κ1) is 35.3. The van der Waals surface area contributed by atoms with Crippen molar-refractivity contribution in [3.8, 4) is 5.75 Å². The summed E-state index contributed by atoms with van der Waals surface area (Å²) in [4.78, 5) is 72.8. The molecule has 0 atom stereocenters. The van der Waals surface area contributed by atoms with Crippen molar-refractivity contribution in [1.82, 2.24) is 10.6 Å². The number of nitrogens with one attached hydrogen (secondary N) is 6. The number of anilines is 4. The number of aryl methyl sites for hydroxylation is 1. The standard InChI is InChI=1S/C33H30N6O9S/c1-19-4-14-29(15-5-19)49(46,47)48-28-17-26(36-32(44)38-30(42)34-24-10-6-22(7-11-24)20(2)40)16-27(18-28)37-33(45)39-31(43)35-25-12-8-23(9-13-25)21(3)41/h4-18H,1-3H3,(H3,34,36,38,42,44)(H3,35,37,39,43,45). The van der Waals surface area contributed by atoms with Gasteiger partial charge in [0.05, 0.1) is 0 Å². The maximum atomic E-state index is 13.0. The van der Waals surface area contributed by atoms with Crippen LogP contribution in [0.15, 0.2) is 95.9 Å². The van der Waals surface area contributed by atoms with Gasteiger partial charge in [-0.2, -0.15) is 8.42 Å². The molecule has 0 saturated carbocycles. The van der Waals surface area contributed by atoms with Crippen LogP contribution in [0, 0.1) is 6.92 Å². The molecule has 0 unspecified atom stereocenters. The predicted octanol–water partition coefficient (Wildman–Crippen LogP) is 5.88. The van der Waals surface area contributed by atoms with E-state index < -0.39 is 34.2 Å². The van der Waals surface area contributed by atoms with E-state index in [9.17, 15) is 37.2 Å². The molecule has 0 saturated heterocycles. The molecule has 4 rings (SSSR count). The Morgan fingerprint density at radius 2 is 0.878 bits per heavy atom. The number of carbonyl (C=O) groups excluding carboxylic acids is 6. The maximum absolute atomic E-state index is 13.0. The minimum absolute atomic E-state index is 0.113. The Balaban J connectivity index is 1.48. The van der Waals surface area contributed by atoms with Gasteiger partial charge in [0.2, 0.25) is 0 Å². The van der Waals surface area contributed by atoms with Crippen molar-refractivity contribution in [1.29, 1.82) is 0 Å². The van der Waals surface area contributed by atoms with Crippen molar-refractivity contribution >= 4 is 68.6 Å². The molecule has 0 bridgehead atoms. The summed E-state index contributed by atoms with van der Waals surface area (Å²) < 4.78 is 31.2. The summed E-state index contributed by atoms with van der Waals surface area (Å²) >= 11 is 0. The molecule has 6 N–H and O–H groups in total. The number of ketones is 2. The molecule has 49 heavy (non-hydrogen) atoms. The first-order valence-corrected chi connectivity index (χ1v) is 15.7. The van der Waals surface area contributed by atoms with Crippen LogP contribution in [0.2, 0.25) is 0 Å². The molecule has 0 aliphatic rings. The van der Waals surface area contributed by atoms with Gasteiger partial charge in [0.15, 0.2) is 11.6 Å². The minimum Gasteiger partial charge on any atom is -0.379 e. The number of hydrogen-bond donors (Lipinski definition) is 6. The fraction of sp³-hybridized carbons (Fsp3) is 0.0909. The highest BCUT2D eigenvalue weighted by atomic mass is 32.2. The number of rotatable bonds is 9. The molecular weight excluding hydrogens is 656 g/mol. The lowest BCUT2D eigenvalue weighted by Gasteiger charge is -2.14. The Bertz CT molecular complexity index is 1920. The number of hydrogen-bond acceptors (Lipinski definition) is 9. The summed E-state index contributed by atoms with van der Waals surface area (Å²) in [5.74, 6) is -0.668. The molecular formula is C33H30N6O9S. The first-order valence-electron chi connectivity index (χ1n) is 14.3. The topological polar surface area (TPSA) is 218 Å². The molecule has 0 aromatic heterocycles. The molecule has 4 aromatic carbocycles. The smallest absolute Gasteiger partial charge is 0.339 e. The fourth-order valence-electron chi connectivity index (χ4n) is 4.10. The number of amides is 8. The van der Waals surface area contributed by atoms with Crippen LogP contribution in [-0.4, -0.2) is 44.1 Å². The zero-order chi connectivity index (χ0) is 35.7. The van der Waals surface area contributed by atoms with Gasteiger partial charge in [-0.25, -0.2) is 19.2 Å². The Kier molecular flexibility index (Phi) is 11.1.